The quantitative estimate of drug-likeness (QED) is 0.862. The molecule has 1 unspecified atom stereocenters. The third-order valence-corrected chi connectivity index (χ3v) is 3.61. The van der Waals surface area contributed by atoms with Crippen LogP contribution in [0.5, 0.6) is 0 Å². The Morgan fingerprint density at radius 1 is 1.69 bits per heavy atom. The first-order chi connectivity index (χ1) is 7.83. The Labute approximate surface area is 104 Å². The predicted molar refractivity (Wildman–Crippen MR) is 65.7 cm³/mol. The van der Waals surface area contributed by atoms with E-state index < -0.39 is 0 Å². The summed E-state index contributed by atoms with van der Waals surface area (Å²) in [7, 11) is 0. The number of nitrogens with one attached hydrogen (secondary N) is 1. The number of aromatic nitrogens is 2. The standard InChI is InChI=1S/C11H16BrN3O/c12-5-1-3-10-4-2-6-15(10)11(16)9-7-13-14-8-9/h7-8,10H,1-6H2,(H,13,14). The summed E-state index contributed by atoms with van der Waals surface area (Å²) in [6, 6.07) is 0.417. The maximum Gasteiger partial charge on any atom is 0.257 e. The molecule has 2 rings (SSSR count). The van der Waals surface area contributed by atoms with E-state index in [0.29, 0.717) is 11.6 Å². The molecule has 0 radical (unpaired) electrons. The molecule has 1 aliphatic heterocycles. The second kappa shape index (κ2) is 5.48. The Bertz CT molecular complexity index is 339. The van der Waals surface area contributed by atoms with E-state index in [0.717, 1.165) is 37.6 Å². The average molecular weight is 286 g/mol. The first-order valence-corrected chi connectivity index (χ1v) is 6.81. The summed E-state index contributed by atoms with van der Waals surface area (Å²) >= 11 is 3.43. The molecular weight excluding hydrogens is 270 g/mol. The lowest BCUT2D eigenvalue weighted by atomic mass is 10.1. The highest BCUT2D eigenvalue weighted by atomic mass is 79.9. The lowest BCUT2D eigenvalue weighted by Gasteiger charge is -2.23. The van der Waals surface area contributed by atoms with Gasteiger partial charge in [0.2, 0.25) is 0 Å². The van der Waals surface area contributed by atoms with Gasteiger partial charge in [0, 0.05) is 24.1 Å². The van der Waals surface area contributed by atoms with E-state index in [2.05, 4.69) is 26.1 Å². The first-order valence-electron chi connectivity index (χ1n) is 5.68. The van der Waals surface area contributed by atoms with Crippen LogP contribution in [0.4, 0.5) is 0 Å². The second-order valence-corrected chi connectivity index (χ2v) is 4.91. The summed E-state index contributed by atoms with van der Waals surface area (Å²) in [6.45, 7) is 0.886. The molecule has 1 atom stereocenters. The largest absolute Gasteiger partial charge is 0.336 e. The van der Waals surface area contributed by atoms with Crippen LogP contribution >= 0.6 is 15.9 Å². The van der Waals surface area contributed by atoms with E-state index in [9.17, 15) is 4.79 Å². The molecule has 1 amide bonds. The van der Waals surface area contributed by atoms with Crippen LogP contribution in [0, 0.1) is 0 Å². The molecule has 0 aromatic carbocycles. The number of aromatic amines is 1. The van der Waals surface area contributed by atoms with Crippen LogP contribution in [0.25, 0.3) is 0 Å². The normalized spacial score (nSPS) is 20.3. The van der Waals surface area contributed by atoms with Crippen molar-refractivity contribution in [2.75, 3.05) is 11.9 Å². The predicted octanol–water partition coefficient (Wildman–Crippen LogP) is 2.19. The Morgan fingerprint density at radius 3 is 3.25 bits per heavy atom. The molecule has 16 heavy (non-hydrogen) atoms. The Kier molecular flexibility index (Phi) is 3.98. The third-order valence-electron chi connectivity index (χ3n) is 3.05. The number of rotatable bonds is 4. The van der Waals surface area contributed by atoms with Gasteiger partial charge in [0.05, 0.1) is 11.8 Å². The molecular formula is C11H16BrN3O. The number of carbonyl (C=O) groups excluding carboxylic acids is 1. The van der Waals surface area contributed by atoms with E-state index in [1.54, 1.807) is 12.4 Å². The van der Waals surface area contributed by atoms with Crippen molar-refractivity contribution in [1.29, 1.82) is 0 Å². The van der Waals surface area contributed by atoms with Crippen molar-refractivity contribution in [3.8, 4) is 0 Å². The summed E-state index contributed by atoms with van der Waals surface area (Å²) in [5.74, 6) is 0.117. The van der Waals surface area contributed by atoms with Gasteiger partial charge < -0.3 is 4.90 Å². The highest BCUT2D eigenvalue weighted by molar-refractivity contribution is 9.09. The van der Waals surface area contributed by atoms with Gasteiger partial charge >= 0.3 is 0 Å². The lowest BCUT2D eigenvalue weighted by molar-refractivity contribution is 0.0730. The van der Waals surface area contributed by atoms with Gasteiger partial charge in [-0.05, 0) is 25.7 Å². The van der Waals surface area contributed by atoms with Crippen LogP contribution in [-0.2, 0) is 0 Å². The van der Waals surface area contributed by atoms with Crippen molar-refractivity contribution in [2.45, 2.75) is 31.7 Å². The Balaban J connectivity index is 1.99. The van der Waals surface area contributed by atoms with Crippen LogP contribution in [0.15, 0.2) is 12.4 Å². The van der Waals surface area contributed by atoms with Crippen LogP contribution in [-0.4, -0.2) is 38.9 Å². The fourth-order valence-electron chi connectivity index (χ4n) is 2.25. The summed E-state index contributed by atoms with van der Waals surface area (Å²) in [4.78, 5) is 14.1. The minimum Gasteiger partial charge on any atom is -0.336 e. The van der Waals surface area contributed by atoms with Crippen molar-refractivity contribution >= 4 is 21.8 Å². The molecule has 1 aromatic rings. The number of amides is 1. The number of alkyl halides is 1. The number of halogens is 1. The van der Waals surface area contributed by atoms with Crippen molar-refractivity contribution in [1.82, 2.24) is 15.1 Å². The Morgan fingerprint density at radius 2 is 2.56 bits per heavy atom. The number of likely N-dealkylation sites (tertiary alicyclic amines) is 1. The highest BCUT2D eigenvalue weighted by Crippen LogP contribution is 2.23. The zero-order chi connectivity index (χ0) is 11.4. The molecule has 1 aliphatic rings. The minimum atomic E-state index is 0.117. The van der Waals surface area contributed by atoms with Gasteiger partial charge in [-0.25, -0.2) is 0 Å². The van der Waals surface area contributed by atoms with Crippen molar-refractivity contribution < 1.29 is 4.79 Å². The lowest BCUT2D eigenvalue weighted by Crippen LogP contribution is -2.35. The van der Waals surface area contributed by atoms with Gasteiger partial charge in [0.1, 0.15) is 0 Å². The van der Waals surface area contributed by atoms with Gasteiger partial charge in [-0.1, -0.05) is 15.9 Å². The molecule has 1 N–H and O–H groups in total. The van der Waals surface area contributed by atoms with Crippen LogP contribution in [0.1, 0.15) is 36.0 Å². The minimum absolute atomic E-state index is 0.117. The SMILES string of the molecule is O=C(c1cn[nH]c1)N1CCCC1CCCBr. The van der Waals surface area contributed by atoms with E-state index in [4.69, 9.17) is 0 Å². The number of hydrogen-bond acceptors (Lipinski definition) is 2. The maximum atomic E-state index is 12.1. The smallest absolute Gasteiger partial charge is 0.257 e. The molecule has 0 spiro atoms. The second-order valence-electron chi connectivity index (χ2n) is 4.11. The van der Waals surface area contributed by atoms with E-state index >= 15 is 0 Å². The average Bonchev–Trinajstić information content (AvgIpc) is 2.96. The molecule has 5 heteroatoms. The van der Waals surface area contributed by atoms with Crippen molar-refractivity contribution in [2.24, 2.45) is 0 Å². The van der Waals surface area contributed by atoms with Gasteiger partial charge in [0.15, 0.2) is 0 Å². The fourth-order valence-corrected chi connectivity index (χ4v) is 2.57. The van der Waals surface area contributed by atoms with Gasteiger partial charge in [-0.3, -0.25) is 9.89 Å². The number of nitrogens with zero attached hydrogens (tertiary/aromatic N) is 2. The van der Waals surface area contributed by atoms with E-state index in [1.165, 1.54) is 0 Å². The zero-order valence-electron chi connectivity index (χ0n) is 9.16. The van der Waals surface area contributed by atoms with Crippen LogP contribution in [0.2, 0.25) is 0 Å². The Hall–Kier alpha value is -0.840. The van der Waals surface area contributed by atoms with Crippen LogP contribution in [0.3, 0.4) is 0 Å². The maximum absolute atomic E-state index is 12.1. The topological polar surface area (TPSA) is 49.0 Å². The molecule has 0 bridgehead atoms. The summed E-state index contributed by atoms with van der Waals surface area (Å²) in [5, 5.41) is 7.52. The summed E-state index contributed by atoms with van der Waals surface area (Å²) in [6.07, 6.45) is 7.74. The third kappa shape index (κ3) is 2.45. The van der Waals surface area contributed by atoms with Gasteiger partial charge in [-0.15, -0.1) is 0 Å². The highest BCUT2D eigenvalue weighted by Gasteiger charge is 2.29. The molecule has 2 heterocycles. The summed E-state index contributed by atoms with van der Waals surface area (Å²) in [5.41, 5.74) is 0.672. The summed E-state index contributed by atoms with van der Waals surface area (Å²) < 4.78 is 0. The van der Waals surface area contributed by atoms with E-state index in [-0.39, 0.29) is 5.91 Å². The monoisotopic (exact) mass is 285 g/mol. The van der Waals surface area contributed by atoms with Crippen molar-refractivity contribution in [3.05, 3.63) is 18.0 Å². The van der Waals surface area contributed by atoms with Gasteiger partial charge in [0.25, 0.3) is 5.91 Å². The molecule has 1 fully saturated rings. The van der Waals surface area contributed by atoms with Crippen molar-refractivity contribution in [3.63, 3.8) is 0 Å². The number of hydrogen-bond donors (Lipinski definition) is 1. The first kappa shape index (κ1) is 11.6. The molecule has 0 saturated carbocycles. The zero-order valence-corrected chi connectivity index (χ0v) is 10.7. The number of H-pyrrole nitrogens is 1. The fraction of sp³-hybridized carbons (Fsp3) is 0.636. The van der Waals surface area contributed by atoms with Gasteiger partial charge in [-0.2, -0.15) is 5.10 Å². The molecule has 1 saturated heterocycles. The molecule has 1 aromatic heterocycles. The number of carbonyl (C=O) groups is 1. The molecule has 88 valence electrons. The molecule has 4 nitrogen and oxygen atoms in total. The van der Waals surface area contributed by atoms with Crippen LogP contribution < -0.4 is 0 Å². The van der Waals surface area contributed by atoms with E-state index in [1.807, 2.05) is 4.90 Å². The molecule has 0 aliphatic carbocycles.